The van der Waals surface area contributed by atoms with Crippen molar-refractivity contribution in [1.29, 1.82) is 0 Å². The first-order valence-corrected chi connectivity index (χ1v) is 9.68. The SMILES string of the molecule is CCN1CCC[C@@H](CNS(=O)(=O)c2ccc(C)cc2Br)C1. The summed E-state index contributed by atoms with van der Waals surface area (Å²) in [6, 6.07) is 5.30. The zero-order valence-corrected chi connectivity index (χ0v) is 15.0. The zero-order chi connectivity index (χ0) is 15.5. The zero-order valence-electron chi connectivity index (χ0n) is 12.6. The molecule has 0 radical (unpaired) electrons. The van der Waals surface area contributed by atoms with Crippen LogP contribution in [0.4, 0.5) is 0 Å². The first-order valence-electron chi connectivity index (χ1n) is 7.40. The topological polar surface area (TPSA) is 49.4 Å². The van der Waals surface area contributed by atoms with E-state index in [1.807, 2.05) is 19.1 Å². The summed E-state index contributed by atoms with van der Waals surface area (Å²) in [5.41, 5.74) is 1.03. The fourth-order valence-corrected chi connectivity index (χ4v) is 5.04. The minimum absolute atomic E-state index is 0.316. The van der Waals surface area contributed by atoms with Crippen LogP contribution in [0.3, 0.4) is 0 Å². The van der Waals surface area contributed by atoms with Gasteiger partial charge in [0.1, 0.15) is 0 Å². The maximum Gasteiger partial charge on any atom is 0.241 e. The molecule has 0 bridgehead atoms. The summed E-state index contributed by atoms with van der Waals surface area (Å²) in [4.78, 5) is 2.70. The van der Waals surface area contributed by atoms with Gasteiger partial charge in [-0.25, -0.2) is 13.1 Å². The molecule has 1 aliphatic heterocycles. The quantitative estimate of drug-likeness (QED) is 0.861. The van der Waals surface area contributed by atoms with E-state index >= 15 is 0 Å². The molecule has 1 saturated heterocycles. The molecule has 0 aliphatic carbocycles. The molecule has 0 unspecified atom stereocenters. The van der Waals surface area contributed by atoms with Crippen molar-refractivity contribution in [3.8, 4) is 0 Å². The summed E-state index contributed by atoms with van der Waals surface area (Å²) in [7, 11) is -3.45. The van der Waals surface area contributed by atoms with Gasteiger partial charge in [-0.1, -0.05) is 13.0 Å². The first kappa shape index (κ1) is 16.9. The van der Waals surface area contributed by atoms with Crippen LogP contribution < -0.4 is 4.72 Å². The molecule has 21 heavy (non-hydrogen) atoms. The smallest absolute Gasteiger partial charge is 0.241 e. The van der Waals surface area contributed by atoms with Gasteiger partial charge in [0.2, 0.25) is 10.0 Å². The van der Waals surface area contributed by atoms with Gasteiger partial charge in [-0.2, -0.15) is 0 Å². The fourth-order valence-electron chi connectivity index (χ4n) is 2.73. The number of hydrogen-bond donors (Lipinski definition) is 1. The molecule has 1 atom stereocenters. The number of aryl methyl sites for hydroxylation is 1. The van der Waals surface area contributed by atoms with Gasteiger partial charge in [0.15, 0.2) is 0 Å². The van der Waals surface area contributed by atoms with Crippen LogP contribution >= 0.6 is 15.9 Å². The molecule has 0 saturated carbocycles. The van der Waals surface area contributed by atoms with E-state index in [0.29, 0.717) is 21.8 Å². The number of nitrogens with zero attached hydrogens (tertiary/aromatic N) is 1. The second-order valence-corrected chi connectivity index (χ2v) is 8.28. The van der Waals surface area contributed by atoms with Crippen molar-refractivity contribution in [1.82, 2.24) is 9.62 Å². The molecule has 1 fully saturated rings. The van der Waals surface area contributed by atoms with Crippen molar-refractivity contribution in [2.45, 2.75) is 31.6 Å². The standard InChI is InChI=1S/C15H23BrN2O2S/c1-3-18-8-4-5-13(11-18)10-17-21(19,20)15-7-6-12(2)9-14(15)16/h6-7,9,13,17H,3-5,8,10-11H2,1-2H3/t13-/m0/s1. The molecule has 0 amide bonds. The van der Waals surface area contributed by atoms with E-state index in [-0.39, 0.29) is 0 Å². The number of halogens is 1. The minimum atomic E-state index is -3.45. The Morgan fingerprint density at radius 2 is 2.19 bits per heavy atom. The van der Waals surface area contributed by atoms with Crippen molar-refractivity contribution in [2.75, 3.05) is 26.2 Å². The van der Waals surface area contributed by atoms with E-state index in [2.05, 4.69) is 32.5 Å². The molecular weight excluding hydrogens is 352 g/mol. The van der Waals surface area contributed by atoms with Crippen LogP contribution in [0.2, 0.25) is 0 Å². The van der Waals surface area contributed by atoms with Gasteiger partial charge in [-0.15, -0.1) is 0 Å². The van der Waals surface area contributed by atoms with E-state index in [1.165, 1.54) is 0 Å². The highest BCUT2D eigenvalue weighted by atomic mass is 79.9. The predicted molar refractivity (Wildman–Crippen MR) is 88.9 cm³/mol. The van der Waals surface area contributed by atoms with E-state index in [1.54, 1.807) is 6.07 Å². The summed E-state index contributed by atoms with van der Waals surface area (Å²) in [6.07, 6.45) is 2.24. The van der Waals surface area contributed by atoms with Crippen LogP contribution in [0.25, 0.3) is 0 Å². The molecule has 0 spiro atoms. The maximum atomic E-state index is 12.4. The number of likely N-dealkylation sites (tertiary alicyclic amines) is 1. The Morgan fingerprint density at radius 1 is 1.43 bits per heavy atom. The molecule has 4 nitrogen and oxygen atoms in total. The number of rotatable bonds is 5. The van der Waals surface area contributed by atoms with Crippen LogP contribution in [-0.4, -0.2) is 39.5 Å². The Hall–Kier alpha value is -0.430. The third-order valence-electron chi connectivity index (χ3n) is 3.99. The van der Waals surface area contributed by atoms with E-state index in [9.17, 15) is 8.42 Å². The van der Waals surface area contributed by atoms with E-state index < -0.39 is 10.0 Å². The normalized spacial score (nSPS) is 20.6. The highest BCUT2D eigenvalue weighted by molar-refractivity contribution is 9.10. The predicted octanol–water partition coefficient (Wildman–Crippen LogP) is 2.77. The minimum Gasteiger partial charge on any atom is -0.303 e. The summed E-state index contributed by atoms with van der Waals surface area (Å²) >= 11 is 3.34. The molecule has 118 valence electrons. The largest absolute Gasteiger partial charge is 0.303 e. The first-order chi connectivity index (χ1) is 9.92. The molecular formula is C15H23BrN2O2S. The highest BCUT2D eigenvalue weighted by Gasteiger charge is 2.22. The average Bonchev–Trinajstić information content (AvgIpc) is 2.45. The van der Waals surface area contributed by atoms with Gasteiger partial charge in [0.25, 0.3) is 0 Å². The summed E-state index contributed by atoms with van der Waals surface area (Å²) in [6.45, 7) is 7.75. The summed E-state index contributed by atoms with van der Waals surface area (Å²) in [5, 5.41) is 0. The Labute approximate surface area is 136 Å². The third kappa shape index (κ3) is 4.52. The van der Waals surface area contributed by atoms with Crippen molar-refractivity contribution >= 4 is 26.0 Å². The highest BCUT2D eigenvalue weighted by Crippen LogP contribution is 2.23. The monoisotopic (exact) mass is 374 g/mol. The van der Waals surface area contributed by atoms with Crippen LogP contribution in [0, 0.1) is 12.8 Å². The van der Waals surface area contributed by atoms with Gasteiger partial charge in [0, 0.05) is 17.6 Å². The summed E-state index contributed by atoms with van der Waals surface area (Å²) < 4.78 is 28.2. The van der Waals surface area contributed by atoms with Gasteiger partial charge >= 0.3 is 0 Å². The van der Waals surface area contributed by atoms with Gasteiger partial charge < -0.3 is 4.90 Å². The van der Waals surface area contributed by atoms with Gasteiger partial charge in [0.05, 0.1) is 4.90 Å². The Morgan fingerprint density at radius 3 is 2.86 bits per heavy atom. The maximum absolute atomic E-state index is 12.4. The van der Waals surface area contributed by atoms with Crippen molar-refractivity contribution in [2.24, 2.45) is 5.92 Å². The Balaban J connectivity index is 2.01. The van der Waals surface area contributed by atoms with Crippen LogP contribution in [0.5, 0.6) is 0 Å². The average molecular weight is 375 g/mol. The number of benzene rings is 1. The number of hydrogen-bond acceptors (Lipinski definition) is 3. The summed E-state index contributed by atoms with van der Waals surface area (Å²) in [5.74, 6) is 0.401. The van der Waals surface area contributed by atoms with Gasteiger partial charge in [-0.3, -0.25) is 0 Å². The van der Waals surface area contributed by atoms with Crippen molar-refractivity contribution in [3.05, 3.63) is 28.2 Å². The van der Waals surface area contributed by atoms with Crippen LogP contribution in [0.15, 0.2) is 27.6 Å². The Bertz CT molecular complexity index is 589. The van der Waals surface area contributed by atoms with E-state index in [0.717, 1.165) is 38.0 Å². The number of sulfonamides is 1. The lowest BCUT2D eigenvalue weighted by Gasteiger charge is -2.31. The van der Waals surface area contributed by atoms with Gasteiger partial charge in [-0.05, 0) is 72.4 Å². The number of nitrogens with one attached hydrogen (secondary N) is 1. The van der Waals surface area contributed by atoms with Crippen molar-refractivity contribution in [3.63, 3.8) is 0 Å². The molecule has 1 aromatic carbocycles. The second kappa shape index (κ2) is 7.22. The molecule has 1 N–H and O–H groups in total. The molecule has 2 rings (SSSR count). The fraction of sp³-hybridized carbons (Fsp3) is 0.600. The molecule has 6 heteroatoms. The molecule has 0 aromatic heterocycles. The van der Waals surface area contributed by atoms with E-state index in [4.69, 9.17) is 0 Å². The Kier molecular flexibility index (Phi) is 5.82. The van der Waals surface area contributed by atoms with Crippen molar-refractivity contribution < 1.29 is 8.42 Å². The van der Waals surface area contributed by atoms with Crippen LogP contribution in [-0.2, 0) is 10.0 Å². The molecule has 1 heterocycles. The molecule has 1 aromatic rings. The van der Waals surface area contributed by atoms with Crippen LogP contribution in [0.1, 0.15) is 25.3 Å². The molecule has 1 aliphatic rings. The lowest BCUT2D eigenvalue weighted by atomic mass is 9.98. The number of piperidine rings is 1. The lowest BCUT2D eigenvalue weighted by molar-refractivity contribution is 0.184. The third-order valence-corrected chi connectivity index (χ3v) is 6.39. The lowest BCUT2D eigenvalue weighted by Crippen LogP contribution is -2.40. The second-order valence-electron chi connectivity index (χ2n) is 5.69.